The molecule has 0 radical (unpaired) electrons. The molecule has 9 rings (SSSR count). The maximum absolute atomic E-state index is 11.7. The van der Waals surface area contributed by atoms with Gasteiger partial charge in [0.15, 0.2) is 0 Å². The largest absolute Gasteiger partial charge is 0.506 e. The van der Waals surface area contributed by atoms with Gasteiger partial charge in [0, 0.05) is 36.6 Å². The van der Waals surface area contributed by atoms with Crippen LogP contribution in [0.2, 0.25) is 0 Å². The molecule has 2 atom stereocenters. The summed E-state index contributed by atoms with van der Waals surface area (Å²) in [5, 5.41) is 35.4. The van der Waals surface area contributed by atoms with Crippen molar-refractivity contribution in [2.24, 2.45) is 5.92 Å². The van der Waals surface area contributed by atoms with Gasteiger partial charge in [0.25, 0.3) is 6.47 Å². The van der Waals surface area contributed by atoms with Crippen molar-refractivity contribution in [1.29, 1.82) is 0 Å². The molecule has 3 aliphatic heterocycles. The number of benzene rings is 4. The summed E-state index contributed by atoms with van der Waals surface area (Å²) in [5.41, 5.74) is 6.86. The highest BCUT2D eigenvalue weighted by Crippen LogP contribution is 2.36. The van der Waals surface area contributed by atoms with E-state index in [2.05, 4.69) is 88.1 Å². The fourth-order valence-corrected chi connectivity index (χ4v) is 7.82. The number of aromatic amines is 1. The van der Waals surface area contributed by atoms with E-state index in [4.69, 9.17) is 14.6 Å². The van der Waals surface area contributed by atoms with Gasteiger partial charge in [-0.25, -0.2) is 0 Å². The van der Waals surface area contributed by atoms with Crippen LogP contribution >= 0.6 is 0 Å². The summed E-state index contributed by atoms with van der Waals surface area (Å²) in [5.74, 6) is 1.94. The Morgan fingerprint density at radius 2 is 1.63 bits per heavy atom. The lowest BCUT2D eigenvalue weighted by molar-refractivity contribution is -0.122. The van der Waals surface area contributed by atoms with E-state index in [0.717, 1.165) is 42.2 Å². The Kier molecular flexibility index (Phi) is 13.2. The number of rotatable bonds is 11. The molecule has 4 aromatic carbocycles. The smallest absolute Gasteiger partial charge is 0.290 e. The number of hydrogen-bond acceptors (Lipinski definition) is 8. The first-order valence-electron chi connectivity index (χ1n) is 18.9. The van der Waals surface area contributed by atoms with E-state index in [9.17, 15) is 15.0 Å². The van der Waals surface area contributed by atoms with Crippen LogP contribution in [-0.4, -0.2) is 57.9 Å². The molecule has 0 saturated carbocycles. The highest BCUT2D eigenvalue weighted by Gasteiger charge is 2.33. The SMILES string of the molecule is C1CN2CCC1CC2.CC1(NCc2cccc(OCc3ccc(CNCC(O)c4ccc(O)c5[nH]c(=O)ccc45)cc3)c2)CCc2ccccc21.O=CO. The average Bonchev–Trinajstić information content (AvgIpc) is 3.55. The summed E-state index contributed by atoms with van der Waals surface area (Å²) in [6.07, 6.45) is 5.87. The van der Waals surface area contributed by atoms with Crippen molar-refractivity contribution in [3.05, 3.63) is 141 Å². The predicted octanol–water partition coefficient (Wildman–Crippen LogP) is 6.39. The van der Waals surface area contributed by atoms with Crippen molar-refractivity contribution in [2.45, 2.75) is 70.4 Å². The van der Waals surface area contributed by atoms with Gasteiger partial charge in [0.2, 0.25) is 5.56 Å². The van der Waals surface area contributed by atoms with Crippen molar-refractivity contribution >= 4 is 17.4 Å². The van der Waals surface area contributed by atoms with Crippen LogP contribution in [0.25, 0.3) is 10.9 Å². The number of aryl methyl sites for hydroxylation is 1. The summed E-state index contributed by atoms with van der Waals surface area (Å²) < 4.78 is 6.12. The van der Waals surface area contributed by atoms with Gasteiger partial charge in [-0.2, -0.15) is 0 Å². The number of phenols is 1. The van der Waals surface area contributed by atoms with E-state index in [1.165, 1.54) is 67.7 Å². The van der Waals surface area contributed by atoms with Gasteiger partial charge in [0.1, 0.15) is 18.1 Å². The van der Waals surface area contributed by atoms with Crippen molar-refractivity contribution in [1.82, 2.24) is 20.5 Å². The molecule has 284 valence electrons. The van der Waals surface area contributed by atoms with E-state index >= 15 is 0 Å². The van der Waals surface area contributed by atoms with Crippen LogP contribution in [0.15, 0.2) is 102 Å². The molecule has 5 aromatic rings. The van der Waals surface area contributed by atoms with Gasteiger partial charge in [-0.15, -0.1) is 0 Å². The molecule has 10 heteroatoms. The zero-order valence-corrected chi connectivity index (χ0v) is 31.0. The molecule has 4 heterocycles. The predicted molar refractivity (Wildman–Crippen MR) is 212 cm³/mol. The highest BCUT2D eigenvalue weighted by atomic mass is 16.5. The molecule has 4 aliphatic rings. The number of carboxylic acid groups (broad SMARTS) is 1. The third-order valence-corrected chi connectivity index (χ3v) is 11.0. The van der Waals surface area contributed by atoms with E-state index in [-0.39, 0.29) is 23.3 Å². The van der Waals surface area contributed by atoms with Crippen LogP contribution in [0.1, 0.15) is 72.1 Å². The minimum absolute atomic E-state index is 0.0103. The number of aliphatic hydroxyl groups is 1. The van der Waals surface area contributed by atoms with E-state index in [1.807, 2.05) is 12.1 Å². The number of phenolic OH excluding ortho intramolecular Hbond substituents is 1. The Labute approximate surface area is 316 Å². The molecule has 0 spiro atoms. The van der Waals surface area contributed by atoms with E-state index < -0.39 is 6.10 Å². The first kappa shape index (κ1) is 38.7. The van der Waals surface area contributed by atoms with Gasteiger partial charge in [-0.05, 0) is 122 Å². The lowest BCUT2D eigenvalue weighted by Crippen LogP contribution is -2.41. The maximum Gasteiger partial charge on any atom is 0.290 e. The average molecular weight is 733 g/mol. The number of aliphatic hydroxyl groups excluding tert-OH is 1. The van der Waals surface area contributed by atoms with E-state index in [0.29, 0.717) is 36.2 Å². The quantitative estimate of drug-likeness (QED) is 0.0851. The first-order chi connectivity index (χ1) is 26.2. The Hall–Kier alpha value is -5.00. The number of piperidine rings is 3. The molecule has 3 saturated heterocycles. The Bertz CT molecular complexity index is 2020. The summed E-state index contributed by atoms with van der Waals surface area (Å²) in [6, 6.07) is 31.4. The summed E-state index contributed by atoms with van der Waals surface area (Å²) in [4.78, 5) is 25.2. The number of aromatic hydroxyl groups is 1. The third-order valence-electron chi connectivity index (χ3n) is 11.0. The molecule has 2 bridgehead atoms. The van der Waals surface area contributed by atoms with Crippen molar-refractivity contribution < 1.29 is 24.9 Å². The standard InChI is InChI=1S/C36H37N3O4.C7H13N.CH2O2/c1-36(18-17-27-6-2-3-8-31(27)36)38-21-26-5-4-7-28(19-26)43-23-25-11-9-24(10-12-25)20-37-22-33(41)29-13-15-32(40)35-30(29)14-16-34(42)39-35;1-4-8-5-2-7(1)3-6-8;2-1-3/h2-16,19,33,37-38,40-41H,17-18,20-23H2,1H3,(H,39,42);7H,1-6H2;1H,(H,2,3). The molecule has 0 amide bonds. The van der Waals surface area contributed by atoms with Gasteiger partial charge >= 0.3 is 0 Å². The van der Waals surface area contributed by atoms with Crippen LogP contribution in [0.5, 0.6) is 11.5 Å². The first-order valence-corrected chi connectivity index (χ1v) is 18.9. The van der Waals surface area contributed by atoms with Gasteiger partial charge < -0.3 is 40.6 Å². The molecule has 2 unspecified atom stereocenters. The zero-order chi connectivity index (χ0) is 37.9. The van der Waals surface area contributed by atoms with Crippen molar-refractivity contribution in [2.75, 3.05) is 26.2 Å². The number of carbonyl (C=O) groups is 1. The molecule has 1 aliphatic carbocycles. The van der Waals surface area contributed by atoms with Gasteiger partial charge in [0.05, 0.1) is 11.6 Å². The molecular formula is C44H52N4O6. The van der Waals surface area contributed by atoms with Crippen LogP contribution in [-0.2, 0) is 36.5 Å². The Morgan fingerprint density at radius 3 is 2.33 bits per heavy atom. The fraction of sp³-hybridized carbons (Fsp3) is 0.364. The molecule has 6 N–H and O–H groups in total. The number of nitrogens with zero attached hydrogens (tertiary/aromatic N) is 1. The maximum atomic E-state index is 11.7. The summed E-state index contributed by atoms with van der Waals surface area (Å²) >= 11 is 0. The summed E-state index contributed by atoms with van der Waals surface area (Å²) in [6.45, 7) is 8.39. The second kappa shape index (κ2) is 18.4. The lowest BCUT2D eigenvalue weighted by atomic mass is 9.89. The van der Waals surface area contributed by atoms with Crippen molar-refractivity contribution in [3.8, 4) is 11.5 Å². The zero-order valence-electron chi connectivity index (χ0n) is 31.0. The molecule has 10 nitrogen and oxygen atoms in total. The highest BCUT2D eigenvalue weighted by molar-refractivity contribution is 5.87. The van der Waals surface area contributed by atoms with Crippen LogP contribution in [0.4, 0.5) is 0 Å². The fourth-order valence-electron chi connectivity index (χ4n) is 7.82. The normalized spacial score (nSPS) is 20.2. The van der Waals surface area contributed by atoms with Crippen molar-refractivity contribution in [3.63, 3.8) is 0 Å². The molecule has 3 fully saturated rings. The topological polar surface area (TPSA) is 147 Å². The van der Waals surface area contributed by atoms with Gasteiger partial charge in [-0.1, -0.05) is 66.7 Å². The number of ether oxygens (including phenoxy) is 1. The number of fused-ring (bicyclic) bond motifs is 5. The lowest BCUT2D eigenvalue weighted by Gasteiger charge is -2.38. The Morgan fingerprint density at radius 1 is 0.907 bits per heavy atom. The van der Waals surface area contributed by atoms with Crippen LogP contribution in [0.3, 0.4) is 0 Å². The Balaban J connectivity index is 0.000000388. The minimum Gasteiger partial charge on any atom is -0.506 e. The molecular weight excluding hydrogens is 681 g/mol. The van der Waals surface area contributed by atoms with E-state index in [1.54, 1.807) is 12.1 Å². The third kappa shape index (κ3) is 9.95. The minimum atomic E-state index is -0.801. The number of aromatic nitrogens is 1. The number of hydrogen-bond donors (Lipinski definition) is 6. The second-order valence-electron chi connectivity index (χ2n) is 14.7. The van der Waals surface area contributed by atoms with Crippen LogP contribution in [0, 0.1) is 5.92 Å². The molecule has 1 aromatic heterocycles. The number of nitrogens with one attached hydrogen (secondary N) is 3. The number of pyridine rings is 1. The molecule has 54 heavy (non-hydrogen) atoms. The summed E-state index contributed by atoms with van der Waals surface area (Å²) in [7, 11) is 0. The van der Waals surface area contributed by atoms with Gasteiger partial charge in [-0.3, -0.25) is 9.59 Å². The number of H-pyrrole nitrogens is 1. The second-order valence-corrected chi connectivity index (χ2v) is 14.7. The monoisotopic (exact) mass is 732 g/mol. The van der Waals surface area contributed by atoms with Crippen LogP contribution < -0.4 is 20.9 Å².